The summed E-state index contributed by atoms with van der Waals surface area (Å²) < 4.78 is 5.20. The van der Waals surface area contributed by atoms with Crippen molar-refractivity contribution in [1.29, 1.82) is 0 Å². The number of para-hydroxylation sites is 1. The molecule has 1 amide bonds. The van der Waals surface area contributed by atoms with E-state index in [2.05, 4.69) is 34.5 Å². The molecule has 4 nitrogen and oxygen atoms in total. The van der Waals surface area contributed by atoms with Gasteiger partial charge in [-0.3, -0.25) is 4.79 Å². The second-order valence-electron chi connectivity index (χ2n) is 5.33. The van der Waals surface area contributed by atoms with Crippen LogP contribution in [-0.4, -0.2) is 19.0 Å². The molecule has 0 spiro atoms. The lowest BCUT2D eigenvalue weighted by Crippen LogP contribution is -2.33. The van der Waals surface area contributed by atoms with Gasteiger partial charge in [0.2, 0.25) is 5.91 Å². The monoisotopic (exact) mass is 284 g/mol. The first-order valence-electron chi connectivity index (χ1n) is 7.45. The Morgan fingerprint density at radius 2 is 2.14 bits per heavy atom. The van der Waals surface area contributed by atoms with Gasteiger partial charge in [0, 0.05) is 25.2 Å². The van der Waals surface area contributed by atoms with E-state index in [0.717, 1.165) is 31.7 Å². The molecule has 1 N–H and O–H groups in total. The molecule has 0 saturated heterocycles. The van der Waals surface area contributed by atoms with E-state index in [-0.39, 0.29) is 5.91 Å². The van der Waals surface area contributed by atoms with Crippen LogP contribution in [0.1, 0.15) is 24.2 Å². The van der Waals surface area contributed by atoms with Crippen molar-refractivity contribution < 1.29 is 9.21 Å². The van der Waals surface area contributed by atoms with Gasteiger partial charge in [-0.05, 0) is 36.6 Å². The predicted molar refractivity (Wildman–Crippen MR) is 82.1 cm³/mol. The van der Waals surface area contributed by atoms with E-state index < -0.39 is 0 Å². The van der Waals surface area contributed by atoms with Crippen molar-refractivity contribution in [3.8, 4) is 0 Å². The number of carbonyl (C=O) groups is 1. The highest BCUT2D eigenvalue weighted by Crippen LogP contribution is 2.26. The summed E-state index contributed by atoms with van der Waals surface area (Å²) in [6.07, 6.45) is 4.42. The SMILES string of the molecule is O=C(CCN1CCCc2ccccc21)NCc1ccco1. The van der Waals surface area contributed by atoms with Crippen LogP contribution in [0.3, 0.4) is 0 Å². The Bertz CT molecular complexity index is 593. The average molecular weight is 284 g/mol. The molecule has 0 unspecified atom stereocenters. The maximum absolute atomic E-state index is 11.9. The Morgan fingerprint density at radius 3 is 3.00 bits per heavy atom. The minimum absolute atomic E-state index is 0.0643. The number of fused-ring (bicyclic) bond motifs is 1. The lowest BCUT2D eigenvalue weighted by molar-refractivity contribution is -0.121. The van der Waals surface area contributed by atoms with E-state index in [1.54, 1.807) is 6.26 Å². The fourth-order valence-electron chi connectivity index (χ4n) is 2.77. The second-order valence-corrected chi connectivity index (χ2v) is 5.33. The molecule has 0 bridgehead atoms. The number of rotatable bonds is 5. The number of hydrogen-bond acceptors (Lipinski definition) is 3. The van der Waals surface area contributed by atoms with Crippen molar-refractivity contribution in [3.05, 3.63) is 54.0 Å². The largest absolute Gasteiger partial charge is 0.467 e. The van der Waals surface area contributed by atoms with Crippen LogP contribution in [0, 0.1) is 0 Å². The van der Waals surface area contributed by atoms with Crippen molar-refractivity contribution >= 4 is 11.6 Å². The van der Waals surface area contributed by atoms with E-state index in [4.69, 9.17) is 4.42 Å². The maximum Gasteiger partial charge on any atom is 0.222 e. The summed E-state index contributed by atoms with van der Waals surface area (Å²) in [5, 5.41) is 2.89. The third-order valence-corrected chi connectivity index (χ3v) is 3.86. The molecule has 2 heterocycles. The van der Waals surface area contributed by atoms with Gasteiger partial charge in [-0.15, -0.1) is 0 Å². The van der Waals surface area contributed by atoms with E-state index >= 15 is 0 Å². The van der Waals surface area contributed by atoms with Crippen molar-refractivity contribution in [2.24, 2.45) is 0 Å². The highest BCUT2D eigenvalue weighted by Gasteiger charge is 2.16. The fraction of sp³-hybridized carbons (Fsp3) is 0.353. The van der Waals surface area contributed by atoms with Gasteiger partial charge in [0.25, 0.3) is 0 Å². The molecular weight excluding hydrogens is 264 g/mol. The molecule has 21 heavy (non-hydrogen) atoms. The lowest BCUT2D eigenvalue weighted by atomic mass is 10.0. The maximum atomic E-state index is 11.9. The van der Waals surface area contributed by atoms with Gasteiger partial charge in [-0.2, -0.15) is 0 Å². The molecule has 0 fully saturated rings. The van der Waals surface area contributed by atoms with Crippen LogP contribution in [-0.2, 0) is 17.8 Å². The van der Waals surface area contributed by atoms with Gasteiger partial charge in [0.05, 0.1) is 12.8 Å². The van der Waals surface area contributed by atoms with Crippen LogP contribution in [0.5, 0.6) is 0 Å². The first kappa shape index (κ1) is 13.7. The molecule has 0 radical (unpaired) electrons. The summed E-state index contributed by atoms with van der Waals surface area (Å²) >= 11 is 0. The zero-order chi connectivity index (χ0) is 14.5. The Hall–Kier alpha value is -2.23. The average Bonchev–Trinajstić information content (AvgIpc) is 3.04. The Labute approximate surface area is 124 Å². The van der Waals surface area contributed by atoms with Gasteiger partial charge >= 0.3 is 0 Å². The van der Waals surface area contributed by atoms with Gasteiger partial charge in [0.1, 0.15) is 5.76 Å². The number of benzene rings is 1. The van der Waals surface area contributed by atoms with Crippen molar-refractivity contribution in [1.82, 2.24) is 5.32 Å². The van der Waals surface area contributed by atoms with Crippen LogP contribution in [0.15, 0.2) is 47.1 Å². The number of anilines is 1. The second kappa shape index (κ2) is 6.48. The molecular formula is C17H20N2O2. The Balaban J connectivity index is 1.50. The summed E-state index contributed by atoms with van der Waals surface area (Å²) in [5.74, 6) is 0.848. The minimum atomic E-state index is 0.0643. The highest BCUT2D eigenvalue weighted by molar-refractivity contribution is 5.76. The van der Waals surface area contributed by atoms with Gasteiger partial charge in [-0.25, -0.2) is 0 Å². The smallest absolute Gasteiger partial charge is 0.222 e. The first-order valence-corrected chi connectivity index (χ1v) is 7.45. The number of furan rings is 1. The summed E-state index contributed by atoms with van der Waals surface area (Å²) in [5.41, 5.74) is 2.67. The van der Waals surface area contributed by atoms with Crippen LogP contribution in [0.25, 0.3) is 0 Å². The quantitative estimate of drug-likeness (QED) is 0.918. The number of amides is 1. The van der Waals surface area contributed by atoms with Crippen molar-refractivity contribution in [2.75, 3.05) is 18.0 Å². The Kier molecular flexibility index (Phi) is 4.24. The summed E-state index contributed by atoms with van der Waals surface area (Å²) in [6.45, 7) is 2.26. The number of aryl methyl sites for hydroxylation is 1. The first-order chi connectivity index (χ1) is 10.3. The molecule has 3 rings (SSSR count). The molecule has 0 aliphatic carbocycles. The molecule has 1 aliphatic heterocycles. The van der Waals surface area contributed by atoms with E-state index in [9.17, 15) is 4.79 Å². The van der Waals surface area contributed by atoms with E-state index in [1.165, 1.54) is 11.3 Å². The summed E-state index contributed by atoms with van der Waals surface area (Å²) in [4.78, 5) is 14.2. The van der Waals surface area contributed by atoms with Gasteiger partial charge < -0.3 is 14.6 Å². The number of nitrogens with one attached hydrogen (secondary N) is 1. The van der Waals surface area contributed by atoms with Gasteiger partial charge in [0.15, 0.2) is 0 Å². The van der Waals surface area contributed by atoms with Gasteiger partial charge in [-0.1, -0.05) is 18.2 Å². The van der Waals surface area contributed by atoms with Crippen molar-refractivity contribution in [2.45, 2.75) is 25.8 Å². The zero-order valence-electron chi connectivity index (χ0n) is 12.0. The van der Waals surface area contributed by atoms with E-state index in [1.807, 2.05) is 12.1 Å². The molecule has 1 aromatic carbocycles. The Morgan fingerprint density at radius 1 is 1.24 bits per heavy atom. The molecule has 4 heteroatoms. The topological polar surface area (TPSA) is 45.5 Å². The van der Waals surface area contributed by atoms with Crippen LogP contribution >= 0.6 is 0 Å². The molecule has 110 valence electrons. The molecule has 0 atom stereocenters. The van der Waals surface area contributed by atoms with Crippen LogP contribution in [0.2, 0.25) is 0 Å². The number of nitrogens with zero attached hydrogens (tertiary/aromatic N) is 1. The molecule has 0 saturated carbocycles. The third kappa shape index (κ3) is 3.45. The fourth-order valence-corrected chi connectivity index (χ4v) is 2.77. The molecule has 1 aliphatic rings. The van der Waals surface area contributed by atoms with Crippen LogP contribution in [0.4, 0.5) is 5.69 Å². The third-order valence-electron chi connectivity index (χ3n) is 3.86. The summed E-state index contributed by atoms with van der Waals surface area (Å²) in [7, 11) is 0. The number of hydrogen-bond donors (Lipinski definition) is 1. The van der Waals surface area contributed by atoms with Crippen molar-refractivity contribution in [3.63, 3.8) is 0 Å². The molecule has 2 aromatic rings. The summed E-state index contributed by atoms with van der Waals surface area (Å²) in [6, 6.07) is 12.2. The predicted octanol–water partition coefficient (Wildman–Crippen LogP) is 2.74. The number of carbonyl (C=O) groups excluding carboxylic acids is 1. The lowest BCUT2D eigenvalue weighted by Gasteiger charge is -2.31. The molecule has 1 aromatic heterocycles. The van der Waals surface area contributed by atoms with E-state index in [0.29, 0.717) is 13.0 Å². The zero-order valence-corrected chi connectivity index (χ0v) is 12.0. The normalized spacial score (nSPS) is 13.8. The van der Waals surface area contributed by atoms with Crippen LogP contribution < -0.4 is 10.2 Å². The standard InChI is InChI=1S/C17H20N2O2/c20-17(18-13-15-7-4-12-21-15)9-11-19-10-3-6-14-5-1-2-8-16(14)19/h1-2,4-5,7-8,12H,3,6,9-11,13H2,(H,18,20). The highest BCUT2D eigenvalue weighted by atomic mass is 16.3. The minimum Gasteiger partial charge on any atom is -0.467 e.